The van der Waals surface area contributed by atoms with Gasteiger partial charge in [-0.15, -0.1) is 15.7 Å². The van der Waals surface area contributed by atoms with Gasteiger partial charge in [0.2, 0.25) is 0 Å². The minimum absolute atomic E-state index is 0.0300. The number of hydrogen-bond donors (Lipinski definition) is 1. The lowest BCUT2D eigenvalue weighted by atomic mass is 10.1. The van der Waals surface area contributed by atoms with Crippen LogP contribution < -0.4 is 5.32 Å². The van der Waals surface area contributed by atoms with Crippen LogP contribution in [0.25, 0.3) is 0 Å². The lowest BCUT2D eigenvalue weighted by Crippen LogP contribution is -2.35. The van der Waals surface area contributed by atoms with E-state index in [9.17, 15) is 22.9 Å². The van der Waals surface area contributed by atoms with Crippen molar-refractivity contribution in [1.82, 2.24) is 4.31 Å². The summed E-state index contributed by atoms with van der Waals surface area (Å²) in [5, 5.41) is 12.6. The van der Waals surface area contributed by atoms with Gasteiger partial charge < -0.3 is 5.32 Å². The third-order valence-corrected chi connectivity index (χ3v) is 7.33. The average molecular weight is 430 g/mol. The van der Waals surface area contributed by atoms with E-state index in [1.54, 1.807) is 0 Å². The SMILES string of the molecule is CN1C(C(=O)Nc2sc3c(c2C#N)CCC3)=CC(c2ccc(F)cc2)=NS1(=O)=O. The van der Waals surface area contributed by atoms with E-state index in [0.29, 0.717) is 16.1 Å². The molecule has 0 radical (unpaired) electrons. The monoisotopic (exact) mass is 430 g/mol. The summed E-state index contributed by atoms with van der Waals surface area (Å²) in [6.45, 7) is 0. The molecule has 29 heavy (non-hydrogen) atoms. The summed E-state index contributed by atoms with van der Waals surface area (Å²) in [5.41, 5.74) is 1.64. The van der Waals surface area contributed by atoms with Gasteiger partial charge in [-0.3, -0.25) is 4.79 Å². The molecule has 148 valence electrons. The van der Waals surface area contributed by atoms with Crippen LogP contribution in [0.15, 0.2) is 40.4 Å². The van der Waals surface area contributed by atoms with Gasteiger partial charge in [-0.25, -0.2) is 8.70 Å². The number of nitrogens with one attached hydrogen (secondary N) is 1. The lowest BCUT2D eigenvalue weighted by molar-refractivity contribution is -0.113. The van der Waals surface area contributed by atoms with Crippen LogP contribution in [0.1, 0.15) is 28.0 Å². The molecule has 2 aromatic rings. The molecule has 1 aromatic heterocycles. The molecular weight excluding hydrogens is 415 g/mol. The third-order valence-electron chi connectivity index (χ3n) is 4.81. The highest BCUT2D eigenvalue weighted by atomic mass is 32.2. The molecule has 0 bridgehead atoms. The van der Waals surface area contributed by atoms with Gasteiger partial charge in [0.05, 0.1) is 11.3 Å². The van der Waals surface area contributed by atoms with E-state index in [4.69, 9.17) is 0 Å². The Morgan fingerprint density at radius 1 is 1.31 bits per heavy atom. The molecule has 0 saturated carbocycles. The molecule has 4 rings (SSSR count). The van der Waals surface area contributed by atoms with Crippen molar-refractivity contribution in [3.05, 3.63) is 63.4 Å². The van der Waals surface area contributed by atoms with Crippen molar-refractivity contribution in [3.63, 3.8) is 0 Å². The Kier molecular flexibility index (Phi) is 4.72. The highest BCUT2D eigenvalue weighted by molar-refractivity contribution is 7.88. The van der Waals surface area contributed by atoms with Crippen LogP contribution in [-0.2, 0) is 27.8 Å². The largest absolute Gasteiger partial charge is 0.345 e. The zero-order chi connectivity index (χ0) is 20.8. The smallest absolute Gasteiger partial charge is 0.311 e. The number of amides is 1. The number of allylic oxidation sites excluding steroid dienone is 1. The van der Waals surface area contributed by atoms with Crippen molar-refractivity contribution in [2.45, 2.75) is 19.3 Å². The summed E-state index contributed by atoms with van der Waals surface area (Å²) in [5.74, 6) is -1.14. The highest BCUT2D eigenvalue weighted by Gasteiger charge is 2.31. The zero-order valence-corrected chi connectivity index (χ0v) is 16.9. The van der Waals surface area contributed by atoms with Gasteiger partial charge in [-0.2, -0.15) is 13.7 Å². The molecular formula is C19H15FN4O3S2. The highest BCUT2D eigenvalue weighted by Crippen LogP contribution is 2.38. The van der Waals surface area contributed by atoms with Crippen LogP contribution in [-0.4, -0.2) is 31.4 Å². The maximum atomic E-state index is 13.2. The van der Waals surface area contributed by atoms with Gasteiger partial charge in [0.1, 0.15) is 22.6 Å². The number of likely N-dealkylation sites (N-methyl/N-ethyl adjacent to an activating group) is 1. The Morgan fingerprint density at radius 3 is 2.72 bits per heavy atom. The third kappa shape index (κ3) is 3.43. The Labute approximate surface area is 171 Å². The molecule has 1 aliphatic heterocycles. The second-order valence-corrected chi connectivity index (χ2v) is 9.32. The number of carbonyl (C=O) groups is 1. The van der Waals surface area contributed by atoms with Gasteiger partial charge in [0, 0.05) is 17.5 Å². The number of aryl methyl sites for hydroxylation is 1. The molecule has 0 saturated heterocycles. The van der Waals surface area contributed by atoms with Crippen LogP contribution in [0, 0.1) is 17.1 Å². The molecule has 1 N–H and O–H groups in total. The molecule has 0 atom stereocenters. The van der Waals surface area contributed by atoms with Gasteiger partial charge in [-0.05, 0) is 55.2 Å². The molecule has 1 aliphatic carbocycles. The predicted molar refractivity (Wildman–Crippen MR) is 107 cm³/mol. The molecule has 2 aliphatic rings. The summed E-state index contributed by atoms with van der Waals surface area (Å²) in [6.07, 6.45) is 3.97. The number of halogens is 1. The normalized spacial score (nSPS) is 17.2. The van der Waals surface area contributed by atoms with Crippen LogP contribution >= 0.6 is 11.3 Å². The van der Waals surface area contributed by atoms with Crippen LogP contribution in [0.2, 0.25) is 0 Å². The molecule has 0 fully saturated rings. The molecule has 10 heteroatoms. The van der Waals surface area contributed by atoms with Crippen LogP contribution in [0.5, 0.6) is 0 Å². The van der Waals surface area contributed by atoms with Crippen molar-refractivity contribution < 1.29 is 17.6 Å². The minimum atomic E-state index is -4.13. The Morgan fingerprint density at radius 2 is 2.03 bits per heavy atom. The van der Waals surface area contributed by atoms with E-state index >= 15 is 0 Å². The van der Waals surface area contributed by atoms with Crippen LogP contribution in [0.4, 0.5) is 9.39 Å². The number of carbonyl (C=O) groups excluding carboxylic acids is 1. The summed E-state index contributed by atoms with van der Waals surface area (Å²) in [4.78, 5) is 14.0. The fraction of sp³-hybridized carbons (Fsp3) is 0.211. The number of fused-ring (bicyclic) bond motifs is 1. The maximum Gasteiger partial charge on any atom is 0.345 e. The average Bonchev–Trinajstić information content (AvgIpc) is 3.25. The van der Waals surface area contributed by atoms with Gasteiger partial charge in [0.25, 0.3) is 5.91 Å². The molecule has 1 amide bonds. The lowest BCUT2D eigenvalue weighted by Gasteiger charge is -2.23. The molecule has 0 spiro atoms. The minimum Gasteiger partial charge on any atom is -0.311 e. The Balaban J connectivity index is 1.69. The number of nitrogens with zero attached hydrogens (tertiary/aromatic N) is 3. The summed E-state index contributed by atoms with van der Waals surface area (Å²) >= 11 is 1.34. The summed E-state index contributed by atoms with van der Waals surface area (Å²) < 4.78 is 42.5. The van der Waals surface area contributed by atoms with E-state index in [2.05, 4.69) is 15.8 Å². The first-order chi connectivity index (χ1) is 13.8. The molecule has 0 unspecified atom stereocenters. The quantitative estimate of drug-likeness (QED) is 0.809. The van der Waals surface area contributed by atoms with E-state index in [0.717, 1.165) is 34.0 Å². The van der Waals surface area contributed by atoms with Crippen molar-refractivity contribution in [1.29, 1.82) is 5.26 Å². The Bertz CT molecular complexity index is 1220. The number of rotatable bonds is 3. The van der Waals surface area contributed by atoms with E-state index in [-0.39, 0.29) is 11.4 Å². The molecule has 7 nitrogen and oxygen atoms in total. The number of nitriles is 1. The standard InChI is InChI=1S/C19H15FN4O3S2/c1-24-16(9-15(23-29(24,26)27)11-5-7-12(20)8-6-11)18(25)22-19-14(10-21)13-3-2-4-17(13)28-19/h5-9H,2-4H2,1H3,(H,22,25). The Hall–Kier alpha value is -3.03. The molecule has 2 heterocycles. The number of thiophene rings is 1. The number of anilines is 1. The first-order valence-corrected chi connectivity index (χ1v) is 10.9. The fourth-order valence-corrected chi connectivity index (χ4v) is 5.45. The van der Waals surface area contributed by atoms with E-state index in [1.807, 2.05) is 0 Å². The first kappa shape index (κ1) is 19.3. The van der Waals surface area contributed by atoms with Crippen molar-refractivity contribution >= 4 is 38.2 Å². The van der Waals surface area contributed by atoms with E-state index < -0.39 is 21.9 Å². The van der Waals surface area contributed by atoms with E-state index in [1.165, 1.54) is 48.7 Å². The van der Waals surface area contributed by atoms with Gasteiger partial charge in [-0.1, -0.05) is 0 Å². The number of hydrogen-bond acceptors (Lipinski definition) is 5. The summed E-state index contributed by atoms with van der Waals surface area (Å²) in [6, 6.07) is 7.28. The zero-order valence-electron chi connectivity index (χ0n) is 15.3. The van der Waals surface area contributed by atoms with Crippen molar-refractivity contribution in [2.75, 3.05) is 12.4 Å². The van der Waals surface area contributed by atoms with Crippen molar-refractivity contribution in [2.24, 2.45) is 4.40 Å². The fourth-order valence-electron chi connectivity index (χ4n) is 3.30. The van der Waals surface area contributed by atoms with Gasteiger partial charge in [0.15, 0.2) is 0 Å². The topological polar surface area (TPSA) is 103 Å². The second kappa shape index (κ2) is 7.09. The summed E-state index contributed by atoms with van der Waals surface area (Å²) in [7, 11) is -2.90. The number of benzene rings is 1. The second-order valence-electron chi connectivity index (χ2n) is 6.59. The first-order valence-electron chi connectivity index (χ1n) is 8.72. The predicted octanol–water partition coefficient (Wildman–Crippen LogP) is 2.75. The maximum absolute atomic E-state index is 13.2. The van der Waals surface area contributed by atoms with Crippen molar-refractivity contribution in [3.8, 4) is 6.07 Å². The van der Waals surface area contributed by atoms with Crippen LogP contribution in [0.3, 0.4) is 0 Å². The molecule has 1 aromatic carbocycles. The van der Waals surface area contributed by atoms with Gasteiger partial charge >= 0.3 is 10.2 Å².